The van der Waals surface area contributed by atoms with Gasteiger partial charge in [0, 0.05) is 11.1 Å². The molecule has 0 unspecified atom stereocenters. The number of fused-ring (bicyclic) bond motifs is 1. The highest BCUT2D eigenvalue weighted by Gasteiger charge is 2.24. The van der Waals surface area contributed by atoms with Crippen molar-refractivity contribution in [1.82, 2.24) is 13.7 Å². The molecule has 0 radical (unpaired) electrons. The van der Waals surface area contributed by atoms with Gasteiger partial charge in [0.2, 0.25) is 0 Å². The van der Waals surface area contributed by atoms with Gasteiger partial charge in [-0.15, -0.1) is 0 Å². The van der Waals surface area contributed by atoms with Crippen LogP contribution in [0.1, 0.15) is 28.5 Å². The Kier molecular flexibility index (Phi) is 4.88. The molecule has 0 aliphatic rings. The summed E-state index contributed by atoms with van der Waals surface area (Å²) < 4.78 is 14.3. The zero-order valence-electron chi connectivity index (χ0n) is 15.9. The normalized spacial score (nSPS) is 11.0. The highest BCUT2D eigenvalue weighted by molar-refractivity contribution is 7.00. The third-order valence-corrected chi connectivity index (χ3v) is 5.07. The highest BCUT2D eigenvalue weighted by Crippen LogP contribution is 2.36. The van der Waals surface area contributed by atoms with Crippen LogP contribution < -0.4 is 0 Å². The van der Waals surface area contributed by atoms with E-state index in [4.69, 9.17) is 9.72 Å². The van der Waals surface area contributed by atoms with Gasteiger partial charge in [-0.25, -0.2) is 9.78 Å². The van der Waals surface area contributed by atoms with Crippen molar-refractivity contribution in [3.8, 4) is 22.4 Å². The van der Waals surface area contributed by atoms with E-state index in [0.29, 0.717) is 22.3 Å². The van der Waals surface area contributed by atoms with Crippen LogP contribution in [0.4, 0.5) is 0 Å². The van der Waals surface area contributed by atoms with E-state index in [0.717, 1.165) is 34.0 Å². The molecule has 0 aliphatic heterocycles. The van der Waals surface area contributed by atoms with Gasteiger partial charge in [0.15, 0.2) is 5.69 Å². The summed E-state index contributed by atoms with van der Waals surface area (Å²) in [5.74, 6) is -0.457. The second-order valence-electron chi connectivity index (χ2n) is 6.60. The van der Waals surface area contributed by atoms with Gasteiger partial charge in [-0.2, -0.15) is 8.75 Å². The first-order valence-electron chi connectivity index (χ1n) is 9.06. The topological polar surface area (TPSA) is 65.0 Å². The van der Waals surface area contributed by atoms with E-state index in [-0.39, 0.29) is 12.3 Å². The number of hydrogen-bond donors (Lipinski definition) is 0. The molecule has 0 spiro atoms. The van der Waals surface area contributed by atoms with Crippen molar-refractivity contribution in [3.05, 3.63) is 65.4 Å². The number of pyridine rings is 1. The Hall–Kier alpha value is -3.12. The molecule has 4 aromatic rings. The molecule has 28 heavy (non-hydrogen) atoms. The molecule has 0 N–H and O–H groups in total. The van der Waals surface area contributed by atoms with Crippen molar-refractivity contribution >= 4 is 28.7 Å². The van der Waals surface area contributed by atoms with Crippen LogP contribution in [0.15, 0.2) is 48.5 Å². The van der Waals surface area contributed by atoms with Gasteiger partial charge in [-0.1, -0.05) is 59.7 Å². The summed E-state index contributed by atoms with van der Waals surface area (Å²) >= 11 is 1.12. The zero-order valence-corrected chi connectivity index (χ0v) is 16.7. The summed E-state index contributed by atoms with van der Waals surface area (Å²) in [7, 11) is 0. The number of benzene rings is 2. The van der Waals surface area contributed by atoms with Crippen LogP contribution in [0.25, 0.3) is 33.4 Å². The Morgan fingerprint density at radius 3 is 2.07 bits per heavy atom. The molecule has 2 aromatic heterocycles. The van der Waals surface area contributed by atoms with E-state index in [2.05, 4.69) is 8.75 Å². The maximum absolute atomic E-state index is 12.8. The number of carbonyl (C=O) groups is 1. The monoisotopic (exact) mass is 389 g/mol. The van der Waals surface area contributed by atoms with Crippen LogP contribution in [0.2, 0.25) is 0 Å². The largest absolute Gasteiger partial charge is 0.461 e. The van der Waals surface area contributed by atoms with E-state index in [9.17, 15) is 4.79 Å². The number of hydrogen-bond acceptors (Lipinski definition) is 6. The van der Waals surface area contributed by atoms with Crippen molar-refractivity contribution in [3.63, 3.8) is 0 Å². The SMILES string of the molecule is CCOC(=O)c1nc(-c2ccc(C)cc2)c2nsnc2c1-c1ccc(C)cc1. The smallest absolute Gasteiger partial charge is 0.357 e. The first-order chi connectivity index (χ1) is 13.6. The van der Waals surface area contributed by atoms with Crippen molar-refractivity contribution in [2.24, 2.45) is 0 Å². The zero-order chi connectivity index (χ0) is 19.7. The van der Waals surface area contributed by atoms with Gasteiger partial charge in [0.1, 0.15) is 16.7 Å². The minimum absolute atomic E-state index is 0.265. The van der Waals surface area contributed by atoms with Crippen LogP contribution in [0.5, 0.6) is 0 Å². The Labute approximate surface area is 167 Å². The highest BCUT2D eigenvalue weighted by atomic mass is 32.1. The van der Waals surface area contributed by atoms with E-state index in [1.54, 1.807) is 6.92 Å². The summed E-state index contributed by atoms with van der Waals surface area (Å²) in [5, 5.41) is 0. The van der Waals surface area contributed by atoms with Crippen LogP contribution in [0.3, 0.4) is 0 Å². The number of esters is 1. The Morgan fingerprint density at radius 2 is 1.46 bits per heavy atom. The molecular weight excluding hydrogens is 370 g/mol. The molecule has 140 valence electrons. The van der Waals surface area contributed by atoms with Gasteiger partial charge in [-0.05, 0) is 26.3 Å². The second-order valence-corrected chi connectivity index (χ2v) is 7.13. The van der Waals surface area contributed by atoms with Crippen molar-refractivity contribution in [1.29, 1.82) is 0 Å². The number of ether oxygens (including phenoxy) is 1. The predicted octanol–water partition coefficient (Wildman–Crippen LogP) is 5.21. The molecule has 5 nitrogen and oxygen atoms in total. The van der Waals surface area contributed by atoms with E-state index in [1.165, 1.54) is 0 Å². The van der Waals surface area contributed by atoms with Gasteiger partial charge in [-0.3, -0.25) is 0 Å². The molecule has 0 saturated carbocycles. The fraction of sp³-hybridized carbons (Fsp3) is 0.182. The quantitative estimate of drug-likeness (QED) is 0.448. The average molecular weight is 389 g/mol. The van der Waals surface area contributed by atoms with E-state index < -0.39 is 5.97 Å². The predicted molar refractivity (Wildman–Crippen MR) is 112 cm³/mol. The number of nitrogens with zero attached hydrogens (tertiary/aromatic N) is 3. The Bertz CT molecular complexity index is 1150. The first kappa shape index (κ1) is 18.3. The molecule has 0 atom stereocenters. The summed E-state index contributed by atoms with van der Waals surface area (Å²) in [5.41, 5.74) is 6.98. The van der Waals surface area contributed by atoms with E-state index in [1.807, 2.05) is 62.4 Å². The number of rotatable bonds is 4. The van der Waals surface area contributed by atoms with Crippen molar-refractivity contribution < 1.29 is 9.53 Å². The van der Waals surface area contributed by atoms with Crippen molar-refractivity contribution in [2.45, 2.75) is 20.8 Å². The molecule has 6 heteroatoms. The number of aryl methyl sites for hydroxylation is 2. The minimum Gasteiger partial charge on any atom is -0.461 e. The lowest BCUT2D eigenvalue weighted by molar-refractivity contribution is 0.0521. The minimum atomic E-state index is -0.457. The number of carbonyl (C=O) groups excluding carboxylic acids is 1. The first-order valence-corrected chi connectivity index (χ1v) is 9.79. The fourth-order valence-corrected chi connectivity index (χ4v) is 3.65. The molecule has 0 fully saturated rings. The molecule has 2 aromatic carbocycles. The number of aromatic nitrogens is 3. The lowest BCUT2D eigenvalue weighted by Gasteiger charge is -2.12. The fourth-order valence-electron chi connectivity index (χ4n) is 3.09. The third-order valence-electron chi connectivity index (χ3n) is 4.54. The lowest BCUT2D eigenvalue weighted by Crippen LogP contribution is -2.10. The molecule has 0 amide bonds. The molecule has 0 bridgehead atoms. The Balaban J connectivity index is 2.03. The Morgan fingerprint density at radius 1 is 0.893 bits per heavy atom. The van der Waals surface area contributed by atoms with Gasteiger partial charge < -0.3 is 4.74 Å². The average Bonchev–Trinajstić information content (AvgIpc) is 3.18. The van der Waals surface area contributed by atoms with Gasteiger partial charge in [0.05, 0.1) is 18.3 Å². The third kappa shape index (κ3) is 3.27. The van der Waals surface area contributed by atoms with Crippen LogP contribution in [0, 0.1) is 13.8 Å². The van der Waals surface area contributed by atoms with Crippen LogP contribution in [-0.4, -0.2) is 26.3 Å². The molecule has 4 rings (SSSR count). The molecule has 2 heterocycles. The lowest BCUT2D eigenvalue weighted by atomic mass is 9.98. The molecular formula is C22H19N3O2S. The summed E-state index contributed by atoms with van der Waals surface area (Å²) in [4.78, 5) is 17.5. The molecule has 0 aliphatic carbocycles. The summed E-state index contributed by atoms with van der Waals surface area (Å²) in [6.07, 6.45) is 0. The maximum Gasteiger partial charge on any atom is 0.357 e. The van der Waals surface area contributed by atoms with E-state index >= 15 is 0 Å². The van der Waals surface area contributed by atoms with Crippen LogP contribution in [-0.2, 0) is 4.74 Å². The maximum atomic E-state index is 12.8. The summed E-state index contributed by atoms with van der Waals surface area (Å²) in [6, 6.07) is 15.9. The standard InChI is InChI=1S/C22H19N3O2S/c1-4-27-22(26)20-17(15-9-5-13(2)6-10-15)19-21(25-28-24-19)18(23-20)16-11-7-14(3)8-12-16/h5-12H,4H2,1-3H3. The van der Waals surface area contributed by atoms with Crippen LogP contribution >= 0.6 is 11.7 Å². The molecule has 0 saturated heterocycles. The summed E-state index contributed by atoms with van der Waals surface area (Å²) in [6.45, 7) is 6.12. The van der Waals surface area contributed by atoms with Gasteiger partial charge >= 0.3 is 5.97 Å². The van der Waals surface area contributed by atoms with Crippen molar-refractivity contribution in [2.75, 3.05) is 6.61 Å². The second kappa shape index (κ2) is 7.48. The van der Waals surface area contributed by atoms with Gasteiger partial charge in [0.25, 0.3) is 0 Å².